The van der Waals surface area contributed by atoms with Crippen LogP contribution in [-0.2, 0) is 0 Å². The van der Waals surface area contributed by atoms with Gasteiger partial charge in [0.1, 0.15) is 11.4 Å². The van der Waals surface area contributed by atoms with Crippen molar-refractivity contribution in [3.8, 4) is 17.0 Å². The van der Waals surface area contributed by atoms with E-state index in [2.05, 4.69) is 10.3 Å². The number of nitro benzene ring substituents is 1. The van der Waals surface area contributed by atoms with Crippen LogP contribution < -0.4 is 10.1 Å². The van der Waals surface area contributed by atoms with Crippen molar-refractivity contribution in [2.75, 3.05) is 12.4 Å². The number of ether oxygens (including phenoxy) is 1. The second-order valence-electron chi connectivity index (χ2n) is 5.48. The molecule has 1 heterocycles. The summed E-state index contributed by atoms with van der Waals surface area (Å²) in [4.78, 5) is 27.3. The van der Waals surface area contributed by atoms with Crippen LogP contribution in [0.1, 0.15) is 10.4 Å². The zero-order chi connectivity index (χ0) is 19.4. The number of rotatable bonds is 5. The molecule has 0 aliphatic heterocycles. The molecular formula is C19H14ClN3O4. The van der Waals surface area contributed by atoms with E-state index >= 15 is 0 Å². The van der Waals surface area contributed by atoms with Gasteiger partial charge in [0, 0.05) is 23.4 Å². The third kappa shape index (κ3) is 3.88. The van der Waals surface area contributed by atoms with E-state index in [4.69, 9.17) is 16.3 Å². The minimum absolute atomic E-state index is 0.114. The van der Waals surface area contributed by atoms with Gasteiger partial charge in [0.25, 0.3) is 11.6 Å². The third-order valence-electron chi connectivity index (χ3n) is 3.83. The minimum Gasteiger partial charge on any atom is -0.496 e. The highest BCUT2D eigenvalue weighted by Gasteiger charge is 2.18. The molecule has 8 heteroatoms. The number of para-hydroxylation sites is 2. The number of nitrogens with zero attached hydrogens (tertiary/aromatic N) is 2. The Morgan fingerprint density at radius 1 is 1.19 bits per heavy atom. The van der Waals surface area contributed by atoms with E-state index in [9.17, 15) is 14.9 Å². The lowest BCUT2D eigenvalue weighted by atomic mass is 10.1. The van der Waals surface area contributed by atoms with E-state index in [0.29, 0.717) is 22.0 Å². The van der Waals surface area contributed by atoms with Crippen LogP contribution in [0.3, 0.4) is 0 Å². The van der Waals surface area contributed by atoms with Crippen molar-refractivity contribution in [3.05, 3.63) is 81.5 Å². The zero-order valence-corrected chi connectivity index (χ0v) is 14.9. The molecule has 1 aromatic heterocycles. The molecule has 1 N–H and O–H groups in total. The summed E-state index contributed by atoms with van der Waals surface area (Å²) in [5, 5.41) is 14.1. The number of hydrogen-bond acceptors (Lipinski definition) is 5. The molecule has 27 heavy (non-hydrogen) atoms. The number of nitrogens with one attached hydrogen (secondary N) is 1. The molecule has 0 saturated heterocycles. The Kier molecular flexibility index (Phi) is 5.33. The molecule has 3 rings (SSSR count). The number of amides is 1. The second kappa shape index (κ2) is 7.84. The molecular weight excluding hydrogens is 370 g/mol. The van der Waals surface area contributed by atoms with Gasteiger partial charge in [0.2, 0.25) is 0 Å². The fraction of sp³-hybridized carbons (Fsp3) is 0.0526. The normalized spacial score (nSPS) is 10.3. The average Bonchev–Trinajstić information content (AvgIpc) is 2.68. The van der Waals surface area contributed by atoms with Gasteiger partial charge in [-0.05, 0) is 36.4 Å². The molecule has 0 aliphatic rings. The molecule has 0 radical (unpaired) electrons. The number of halogens is 1. The molecule has 7 nitrogen and oxygen atoms in total. The first-order valence-corrected chi connectivity index (χ1v) is 8.22. The van der Waals surface area contributed by atoms with E-state index in [-0.39, 0.29) is 16.9 Å². The van der Waals surface area contributed by atoms with Crippen molar-refractivity contribution in [1.29, 1.82) is 0 Å². The lowest BCUT2D eigenvalue weighted by Gasteiger charge is -2.12. The van der Waals surface area contributed by atoms with Gasteiger partial charge in [-0.15, -0.1) is 0 Å². The molecule has 0 spiro atoms. The van der Waals surface area contributed by atoms with Crippen molar-refractivity contribution in [2.24, 2.45) is 0 Å². The van der Waals surface area contributed by atoms with Crippen LogP contribution in [0.2, 0.25) is 5.02 Å². The second-order valence-corrected chi connectivity index (χ2v) is 5.88. The van der Waals surface area contributed by atoms with Gasteiger partial charge in [-0.25, -0.2) is 0 Å². The highest BCUT2D eigenvalue weighted by Crippen LogP contribution is 2.34. The fourth-order valence-electron chi connectivity index (χ4n) is 2.55. The maximum Gasteiger partial charge on any atom is 0.292 e. The number of anilines is 1. The Balaban J connectivity index is 1.93. The van der Waals surface area contributed by atoms with Gasteiger partial charge in [-0.1, -0.05) is 23.7 Å². The molecule has 0 saturated carbocycles. The van der Waals surface area contributed by atoms with Gasteiger partial charge in [0.15, 0.2) is 0 Å². The Morgan fingerprint density at radius 3 is 2.67 bits per heavy atom. The number of carbonyl (C=O) groups is 1. The number of nitro groups is 1. The average molecular weight is 384 g/mol. The smallest absolute Gasteiger partial charge is 0.292 e. The van der Waals surface area contributed by atoms with Gasteiger partial charge in [-0.3, -0.25) is 19.9 Å². The summed E-state index contributed by atoms with van der Waals surface area (Å²) in [6.45, 7) is 0. The van der Waals surface area contributed by atoms with Gasteiger partial charge < -0.3 is 10.1 Å². The Bertz CT molecular complexity index is 1020. The Labute approximate surface area is 159 Å². The fourth-order valence-corrected chi connectivity index (χ4v) is 2.77. The molecule has 0 bridgehead atoms. The van der Waals surface area contributed by atoms with Gasteiger partial charge in [-0.2, -0.15) is 0 Å². The maximum atomic E-state index is 12.5. The largest absolute Gasteiger partial charge is 0.496 e. The van der Waals surface area contributed by atoms with Crippen LogP contribution in [0, 0.1) is 10.1 Å². The van der Waals surface area contributed by atoms with Crippen molar-refractivity contribution in [2.45, 2.75) is 0 Å². The summed E-state index contributed by atoms with van der Waals surface area (Å²) in [7, 11) is 1.47. The van der Waals surface area contributed by atoms with E-state index < -0.39 is 10.8 Å². The number of pyridine rings is 1. The monoisotopic (exact) mass is 383 g/mol. The Morgan fingerprint density at radius 2 is 1.96 bits per heavy atom. The first kappa shape index (κ1) is 18.3. The topological polar surface area (TPSA) is 94.4 Å². The standard InChI is InChI=1S/C19H14ClN3O4/c1-27-17-11-12(8-9-13(17)18-14(20)5-4-10-21-18)19(24)22-15-6-2-3-7-16(15)23(25)26/h2-11H,1H3,(H,22,24). The summed E-state index contributed by atoms with van der Waals surface area (Å²) >= 11 is 6.18. The molecule has 0 fully saturated rings. The van der Waals surface area contributed by atoms with Crippen LogP contribution in [0.5, 0.6) is 5.75 Å². The molecule has 0 atom stereocenters. The van der Waals surface area contributed by atoms with Crippen LogP contribution in [0.15, 0.2) is 60.8 Å². The third-order valence-corrected chi connectivity index (χ3v) is 4.13. The first-order valence-electron chi connectivity index (χ1n) is 7.85. The van der Waals surface area contributed by atoms with Crippen molar-refractivity contribution in [3.63, 3.8) is 0 Å². The first-order chi connectivity index (χ1) is 13.0. The maximum absolute atomic E-state index is 12.5. The zero-order valence-electron chi connectivity index (χ0n) is 14.2. The van der Waals surface area contributed by atoms with E-state index in [1.165, 1.54) is 31.4 Å². The predicted molar refractivity (Wildman–Crippen MR) is 102 cm³/mol. The van der Waals surface area contributed by atoms with Gasteiger partial charge in [0.05, 0.1) is 22.7 Å². The Hall–Kier alpha value is -3.45. The molecule has 3 aromatic rings. The quantitative estimate of drug-likeness (QED) is 0.514. The summed E-state index contributed by atoms with van der Waals surface area (Å²) in [6.07, 6.45) is 1.61. The minimum atomic E-state index is -0.553. The van der Waals surface area contributed by atoms with Crippen LogP contribution in [-0.4, -0.2) is 22.9 Å². The van der Waals surface area contributed by atoms with E-state index in [1.807, 2.05) is 0 Å². The number of benzene rings is 2. The number of methoxy groups -OCH3 is 1. The lowest BCUT2D eigenvalue weighted by Crippen LogP contribution is -2.13. The molecule has 1 amide bonds. The summed E-state index contributed by atoms with van der Waals surface area (Å²) in [6, 6.07) is 14.1. The molecule has 0 unspecified atom stereocenters. The van der Waals surface area contributed by atoms with E-state index in [1.54, 1.807) is 36.5 Å². The number of hydrogen-bond donors (Lipinski definition) is 1. The summed E-state index contributed by atoms with van der Waals surface area (Å²) < 4.78 is 5.37. The predicted octanol–water partition coefficient (Wildman–Crippen LogP) is 4.57. The molecule has 136 valence electrons. The lowest BCUT2D eigenvalue weighted by molar-refractivity contribution is -0.383. The highest BCUT2D eigenvalue weighted by molar-refractivity contribution is 6.33. The van der Waals surface area contributed by atoms with Gasteiger partial charge >= 0.3 is 0 Å². The van der Waals surface area contributed by atoms with Crippen LogP contribution >= 0.6 is 11.6 Å². The summed E-state index contributed by atoms with van der Waals surface area (Å²) in [5.41, 5.74) is 1.37. The van der Waals surface area contributed by atoms with Crippen LogP contribution in [0.25, 0.3) is 11.3 Å². The molecule has 0 aliphatic carbocycles. The van der Waals surface area contributed by atoms with Crippen molar-refractivity contribution >= 4 is 28.9 Å². The van der Waals surface area contributed by atoms with Crippen molar-refractivity contribution < 1.29 is 14.5 Å². The molecule has 2 aromatic carbocycles. The van der Waals surface area contributed by atoms with Crippen LogP contribution in [0.4, 0.5) is 11.4 Å². The number of aromatic nitrogens is 1. The summed E-state index contributed by atoms with van der Waals surface area (Å²) in [5.74, 6) is -0.0907. The highest BCUT2D eigenvalue weighted by atomic mass is 35.5. The number of carbonyl (C=O) groups excluding carboxylic acids is 1. The SMILES string of the molecule is COc1cc(C(=O)Nc2ccccc2[N+](=O)[O-])ccc1-c1ncccc1Cl. The van der Waals surface area contributed by atoms with E-state index in [0.717, 1.165) is 0 Å². The van der Waals surface area contributed by atoms with Crippen molar-refractivity contribution in [1.82, 2.24) is 4.98 Å².